The highest BCUT2D eigenvalue weighted by Crippen LogP contribution is 2.44. The van der Waals surface area contributed by atoms with Crippen LogP contribution in [0.1, 0.15) is 30.3 Å². The molecule has 12 nitrogen and oxygen atoms in total. The minimum absolute atomic E-state index is 0.0111. The lowest BCUT2D eigenvalue weighted by Crippen LogP contribution is -2.44. The van der Waals surface area contributed by atoms with E-state index in [1.807, 2.05) is 0 Å². The molecule has 12 heteroatoms. The summed E-state index contributed by atoms with van der Waals surface area (Å²) in [4.78, 5) is 46.4. The van der Waals surface area contributed by atoms with E-state index in [-0.39, 0.29) is 33.8 Å². The zero-order chi connectivity index (χ0) is 22.7. The molecular formula is C19H17N5O7. The molecule has 0 spiro atoms. The summed E-state index contributed by atoms with van der Waals surface area (Å²) in [5.74, 6) is -0.831. The van der Waals surface area contributed by atoms with Crippen LogP contribution < -0.4 is 5.32 Å². The highest BCUT2D eigenvalue weighted by molar-refractivity contribution is 5.91. The van der Waals surface area contributed by atoms with Crippen LogP contribution in [0.25, 0.3) is 0 Å². The van der Waals surface area contributed by atoms with E-state index in [1.54, 1.807) is 6.07 Å². The van der Waals surface area contributed by atoms with Crippen molar-refractivity contribution >= 4 is 17.3 Å². The van der Waals surface area contributed by atoms with Crippen LogP contribution >= 0.6 is 0 Å². The number of esters is 1. The minimum atomic E-state index is -1.32. The number of allylic oxidation sites excluding steroid dienone is 1. The lowest BCUT2D eigenvalue weighted by atomic mass is 9.91. The maximum absolute atomic E-state index is 12.6. The Hall–Kier alpha value is -4.35. The van der Waals surface area contributed by atoms with Crippen molar-refractivity contribution in [2.45, 2.75) is 19.1 Å². The average molecular weight is 427 g/mol. The fraction of sp³-hybridized carbons (Fsp3) is 0.211. The van der Waals surface area contributed by atoms with E-state index in [9.17, 15) is 29.9 Å². The van der Waals surface area contributed by atoms with Gasteiger partial charge in [-0.1, -0.05) is 24.3 Å². The Kier molecular flexibility index (Phi) is 5.90. The van der Waals surface area contributed by atoms with E-state index in [0.717, 1.165) is 12.1 Å². The normalized spacial score (nSPS) is 18.2. The van der Waals surface area contributed by atoms with Gasteiger partial charge in [-0.2, -0.15) is 0 Å². The first-order valence-corrected chi connectivity index (χ1v) is 8.95. The number of carbonyl (C=O) groups is 1. The molecule has 3 rings (SSSR count). The first-order chi connectivity index (χ1) is 14.8. The largest absolute Gasteiger partial charge is 0.466 e. The number of nitroso groups, excluding NO2 is 1. The van der Waals surface area contributed by atoms with Crippen LogP contribution in [0.3, 0.4) is 0 Å². The van der Waals surface area contributed by atoms with Crippen molar-refractivity contribution in [2.75, 3.05) is 7.11 Å². The van der Waals surface area contributed by atoms with Crippen LogP contribution in [-0.4, -0.2) is 27.9 Å². The van der Waals surface area contributed by atoms with Crippen molar-refractivity contribution in [3.05, 3.63) is 96.1 Å². The number of nitrogens with one attached hydrogen (secondary N) is 1. The molecule has 0 saturated heterocycles. The lowest BCUT2D eigenvalue weighted by Gasteiger charge is -2.39. The van der Waals surface area contributed by atoms with Crippen molar-refractivity contribution in [1.82, 2.24) is 10.3 Å². The van der Waals surface area contributed by atoms with E-state index in [0.29, 0.717) is 0 Å². The van der Waals surface area contributed by atoms with Crippen LogP contribution in [0.15, 0.2) is 65.1 Å². The van der Waals surface area contributed by atoms with Gasteiger partial charge >= 0.3 is 5.97 Å². The molecule has 0 unspecified atom stereocenters. The number of hydrogen-bond acceptors (Lipinski definition) is 9. The Morgan fingerprint density at radius 2 is 1.55 bits per heavy atom. The van der Waals surface area contributed by atoms with Gasteiger partial charge in [0.05, 0.1) is 38.9 Å². The standard InChI is InChI=1S/C19H17N5O7/c1-11-16(19(25)31-2)17(12-7-3-5-9-14(12)23(27)28)22(21-26)18(20-11)13-8-4-6-10-15(13)24(29)30/h3-10,17-18,20H,1-2H3/t17-,18-/m0/s1. The molecule has 1 heterocycles. The summed E-state index contributed by atoms with van der Waals surface area (Å²) in [6, 6.07) is 9.94. The molecule has 0 saturated carbocycles. The van der Waals surface area contributed by atoms with Crippen LogP contribution in [-0.2, 0) is 9.53 Å². The van der Waals surface area contributed by atoms with Crippen molar-refractivity contribution in [2.24, 2.45) is 5.29 Å². The van der Waals surface area contributed by atoms with Gasteiger partial charge in [0.25, 0.3) is 11.4 Å². The van der Waals surface area contributed by atoms with Gasteiger partial charge in [0, 0.05) is 17.8 Å². The van der Waals surface area contributed by atoms with Gasteiger partial charge in [-0.05, 0) is 19.1 Å². The maximum Gasteiger partial charge on any atom is 0.338 e. The second-order valence-corrected chi connectivity index (χ2v) is 6.57. The molecule has 0 bridgehead atoms. The predicted octanol–water partition coefficient (Wildman–Crippen LogP) is 3.28. The minimum Gasteiger partial charge on any atom is -0.466 e. The van der Waals surface area contributed by atoms with Gasteiger partial charge in [0.15, 0.2) is 6.17 Å². The van der Waals surface area contributed by atoms with Crippen LogP contribution in [0, 0.1) is 25.1 Å². The van der Waals surface area contributed by atoms with E-state index in [4.69, 9.17) is 4.74 Å². The topological polar surface area (TPSA) is 157 Å². The van der Waals surface area contributed by atoms with Crippen LogP contribution in [0.2, 0.25) is 0 Å². The third-order valence-corrected chi connectivity index (χ3v) is 4.92. The smallest absolute Gasteiger partial charge is 0.338 e. The molecule has 0 aromatic heterocycles. The highest BCUT2D eigenvalue weighted by Gasteiger charge is 2.44. The van der Waals surface area contributed by atoms with Gasteiger partial charge in [-0.15, -0.1) is 4.91 Å². The zero-order valence-corrected chi connectivity index (χ0v) is 16.4. The molecule has 31 heavy (non-hydrogen) atoms. The number of nitrogens with zero attached hydrogens (tertiary/aromatic N) is 4. The summed E-state index contributed by atoms with van der Waals surface area (Å²) in [5.41, 5.74) is -0.372. The first kappa shape index (κ1) is 21.4. The molecule has 1 aliphatic heterocycles. The zero-order valence-electron chi connectivity index (χ0n) is 16.4. The van der Waals surface area contributed by atoms with Crippen molar-refractivity contribution in [3.63, 3.8) is 0 Å². The van der Waals surface area contributed by atoms with E-state index >= 15 is 0 Å². The van der Waals surface area contributed by atoms with Gasteiger partial charge in [0.2, 0.25) is 0 Å². The second kappa shape index (κ2) is 8.57. The van der Waals surface area contributed by atoms with E-state index < -0.39 is 28.0 Å². The Balaban J connectivity index is 2.30. The van der Waals surface area contributed by atoms with Crippen molar-refractivity contribution in [3.8, 4) is 0 Å². The molecule has 0 radical (unpaired) electrons. The number of methoxy groups -OCH3 is 1. The van der Waals surface area contributed by atoms with E-state index in [2.05, 4.69) is 10.6 Å². The third kappa shape index (κ3) is 3.77. The van der Waals surface area contributed by atoms with Crippen LogP contribution in [0.5, 0.6) is 0 Å². The van der Waals surface area contributed by atoms with Crippen molar-refractivity contribution in [1.29, 1.82) is 0 Å². The number of nitro groups is 2. The maximum atomic E-state index is 12.6. The Bertz CT molecular complexity index is 1100. The quantitative estimate of drug-likeness (QED) is 0.316. The molecule has 2 aromatic rings. The number of rotatable bonds is 6. The summed E-state index contributed by atoms with van der Waals surface area (Å²) in [6.45, 7) is 1.51. The molecule has 2 aromatic carbocycles. The lowest BCUT2D eigenvalue weighted by molar-refractivity contribution is -0.386. The molecule has 0 fully saturated rings. The fourth-order valence-corrected chi connectivity index (χ4v) is 3.59. The SMILES string of the molecule is COC(=O)C1=C(C)N[C@H](c2ccccc2[N+](=O)[O-])N(N=O)[C@H]1c1ccccc1[N+](=O)[O-]. The second-order valence-electron chi connectivity index (χ2n) is 6.57. The summed E-state index contributed by atoms with van der Waals surface area (Å²) in [6.07, 6.45) is -1.17. The van der Waals surface area contributed by atoms with E-state index in [1.165, 1.54) is 49.4 Å². The monoisotopic (exact) mass is 427 g/mol. The number of hydrogen-bond donors (Lipinski definition) is 1. The molecule has 0 amide bonds. The molecule has 160 valence electrons. The summed E-state index contributed by atoms with van der Waals surface area (Å²) in [7, 11) is 1.13. The molecular weight excluding hydrogens is 410 g/mol. The molecule has 0 aliphatic carbocycles. The van der Waals surface area contributed by atoms with Crippen molar-refractivity contribution < 1.29 is 19.4 Å². The van der Waals surface area contributed by atoms with Gasteiger partial charge < -0.3 is 10.1 Å². The number of ether oxygens (including phenoxy) is 1. The summed E-state index contributed by atoms with van der Waals surface area (Å²) in [5, 5.41) is 29.9. The number of benzene rings is 2. The molecule has 1 aliphatic rings. The number of nitro benzene ring substituents is 2. The Morgan fingerprint density at radius 1 is 1.03 bits per heavy atom. The van der Waals surface area contributed by atoms with Gasteiger partial charge in [0.1, 0.15) is 6.04 Å². The Labute approximate surface area is 175 Å². The molecule has 2 atom stereocenters. The Morgan fingerprint density at radius 3 is 2.06 bits per heavy atom. The highest BCUT2D eigenvalue weighted by atomic mass is 16.6. The summed E-state index contributed by atoms with van der Waals surface area (Å²) < 4.78 is 4.82. The average Bonchev–Trinajstić information content (AvgIpc) is 2.77. The first-order valence-electron chi connectivity index (χ1n) is 8.95. The number of carbonyl (C=O) groups excluding carboxylic acids is 1. The van der Waals surface area contributed by atoms with Crippen LogP contribution in [0.4, 0.5) is 11.4 Å². The van der Waals surface area contributed by atoms with Gasteiger partial charge in [-0.3, -0.25) is 20.2 Å². The summed E-state index contributed by atoms with van der Waals surface area (Å²) >= 11 is 0. The van der Waals surface area contributed by atoms with Gasteiger partial charge in [-0.25, -0.2) is 9.80 Å². The fourth-order valence-electron chi connectivity index (χ4n) is 3.59. The predicted molar refractivity (Wildman–Crippen MR) is 107 cm³/mol. The third-order valence-electron chi connectivity index (χ3n) is 4.92. The molecule has 1 N–H and O–H groups in total. The number of para-hydroxylation sites is 2.